The van der Waals surface area contributed by atoms with Gasteiger partial charge in [0.15, 0.2) is 5.05 Å². The molecule has 120 valence electrons. The Morgan fingerprint density at radius 3 is 2.65 bits per heavy atom. The molecule has 0 bridgehead atoms. The van der Waals surface area contributed by atoms with Gasteiger partial charge in [-0.3, -0.25) is 4.79 Å². The summed E-state index contributed by atoms with van der Waals surface area (Å²) >= 11 is 11.1. The molecule has 0 aliphatic carbocycles. The van der Waals surface area contributed by atoms with Crippen molar-refractivity contribution < 1.29 is 13.9 Å². The molecule has 0 spiro atoms. The highest BCUT2D eigenvalue weighted by Crippen LogP contribution is 2.25. The molecule has 1 N–H and O–H groups in total. The van der Waals surface area contributed by atoms with Gasteiger partial charge >= 0.3 is 0 Å². The Kier molecular flexibility index (Phi) is 6.07. The van der Waals surface area contributed by atoms with Crippen molar-refractivity contribution in [3.05, 3.63) is 64.4 Å². The molecule has 0 saturated carbocycles. The summed E-state index contributed by atoms with van der Waals surface area (Å²) in [5.74, 6) is -1.00. The van der Waals surface area contributed by atoms with E-state index in [0.29, 0.717) is 22.8 Å². The third-order valence-corrected chi connectivity index (χ3v) is 3.67. The average Bonchev–Trinajstić information content (AvgIpc) is 2.53. The summed E-state index contributed by atoms with van der Waals surface area (Å²) in [6.07, 6.45) is 0.274. The van der Waals surface area contributed by atoms with E-state index in [1.165, 1.54) is 6.07 Å². The van der Waals surface area contributed by atoms with Crippen LogP contribution in [0.5, 0.6) is 0 Å². The van der Waals surface area contributed by atoms with E-state index in [-0.39, 0.29) is 17.1 Å². The topological polar surface area (TPSA) is 38.3 Å². The minimum atomic E-state index is -0.606. The summed E-state index contributed by atoms with van der Waals surface area (Å²) in [6, 6.07) is 11.2. The summed E-state index contributed by atoms with van der Waals surface area (Å²) in [7, 11) is 0. The number of rotatable bonds is 5. The lowest BCUT2D eigenvalue weighted by molar-refractivity contribution is 0.102. The normalized spacial score (nSPS) is 10.2. The highest BCUT2D eigenvalue weighted by atomic mass is 35.5. The maximum Gasteiger partial charge on any atom is 0.255 e. The van der Waals surface area contributed by atoms with Crippen LogP contribution in [0.1, 0.15) is 22.8 Å². The SMILES string of the molecule is CCOC(=S)Cc1cc(NC(=O)c2ccccc2)c(F)cc1Cl. The van der Waals surface area contributed by atoms with E-state index in [2.05, 4.69) is 5.32 Å². The molecular weight excluding hydrogens is 337 g/mol. The zero-order valence-electron chi connectivity index (χ0n) is 12.4. The predicted molar refractivity (Wildman–Crippen MR) is 93.7 cm³/mol. The first-order chi connectivity index (χ1) is 11.0. The molecule has 0 radical (unpaired) electrons. The van der Waals surface area contributed by atoms with Crippen LogP contribution < -0.4 is 5.32 Å². The number of amides is 1. The van der Waals surface area contributed by atoms with E-state index in [0.717, 1.165) is 6.07 Å². The van der Waals surface area contributed by atoms with Gasteiger partial charge in [0.1, 0.15) is 5.82 Å². The Morgan fingerprint density at radius 2 is 2.00 bits per heavy atom. The molecule has 0 aliphatic heterocycles. The second-order valence-corrected chi connectivity index (χ2v) is 5.59. The van der Waals surface area contributed by atoms with Gasteiger partial charge in [0.05, 0.1) is 12.3 Å². The van der Waals surface area contributed by atoms with Gasteiger partial charge in [-0.05, 0) is 49.0 Å². The van der Waals surface area contributed by atoms with Crippen LogP contribution in [-0.2, 0) is 11.2 Å². The Labute approximate surface area is 144 Å². The molecule has 6 heteroatoms. The van der Waals surface area contributed by atoms with Crippen molar-refractivity contribution >= 4 is 40.5 Å². The van der Waals surface area contributed by atoms with Crippen LogP contribution in [0.4, 0.5) is 10.1 Å². The monoisotopic (exact) mass is 351 g/mol. The van der Waals surface area contributed by atoms with Crippen LogP contribution in [0.2, 0.25) is 5.02 Å². The van der Waals surface area contributed by atoms with Gasteiger partial charge < -0.3 is 10.1 Å². The van der Waals surface area contributed by atoms with Gasteiger partial charge in [0.25, 0.3) is 5.91 Å². The van der Waals surface area contributed by atoms with Gasteiger partial charge in [0, 0.05) is 17.0 Å². The highest BCUT2D eigenvalue weighted by Gasteiger charge is 2.14. The van der Waals surface area contributed by atoms with Crippen molar-refractivity contribution in [2.45, 2.75) is 13.3 Å². The Bertz CT molecular complexity index is 722. The molecule has 0 saturated heterocycles. The molecule has 0 aromatic heterocycles. The lowest BCUT2D eigenvalue weighted by Gasteiger charge is -2.11. The first-order valence-electron chi connectivity index (χ1n) is 7.01. The summed E-state index contributed by atoms with van der Waals surface area (Å²) in [4.78, 5) is 12.1. The van der Waals surface area contributed by atoms with Crippen LogP contribution in [0.25, 0.3) is 0 Å². The molecule has 1 amide bonds. The molecule has 2 aromatic carbocycles. The van der Waals surface area contributed by atoms with Gasteiger partial charge in [-0.15, -0.1) is 0 Å². The highest BCUT2D eigenvalue weighted by molar-refractivity contribution is 7.80. The minimum Gasteiger partial charge on any atom is -0.487 e. The predicted octanol–water partition coefficient (Wildman–Crippen LogP) is 4.64. The van der Waals surface area contributed by atoms with E-state index >= 15 is 0 Å². The van der Waals surface area contributed by atoms with E-state index in [9.17, 15) is 9.18 Å². The van der Waals surface area contributed by atoms with Crippen molar-refractivity contribution in [2.24, 2.45) is 0 Å². The van der Waals surface area contributed by atoms with Gasteiger partial charge in [-0.1, -0.05) is 29.8 Å². The lowest BCUT2D eigenvalue weighted by atomic mass is 10.1. The largest absolute Gasteiger partial charge is 0.487 e. The molecule has 2 rings (SSSR count). The number of carbonyl (C=O) groups is 1. The molecule has 23 heavy (non-hydrogen) atoms. The maximum absolute atomic E-state index is 14.0. The van der Waals surface area contributed by atoms with Crippen molar-refractivity contribution in [3.63, 3.8) is 0 Å². The number of halogens is 2. The van der Waals surface area contributed by atoms with Crippen LogP contribution in [-0.4, -0.2) is 17.6 Å². The van der Waals surface area contributed by atoms with Gasteiger partial charge in [0.2, 0.25) is 0 Å². The molecule has 0 atom stereocenters. The van der Waals surface area contributed by atoms with Crippen LogP contribution >= 0.6 is 23.8 Å². The summed E-state index contributed by atoms with van der Waals surface area (Å²) in [5, 5.41) is 3.14. The first kappa shape index (κ1) is 17.4. The third kappa shape index (κ3) is 4.74. The number of nitrogens with one attached hydrogen (secondary N) is 1. The van der Waals surface area contributed by atoms with Crippen LogP contribution in [0.15, 0.2) is 42.5 Å². The zero-order chi connectivity index (χ0) is 16.8. The molecule has 2 aromatic rings. The second kappa shape index (κ2) is 8.04. The number of ether oxygens (including phenoxy) is 1. The smallest absolute Gasteiger partial charge is 0.255 e. The zero-order valence-corrected chi connectivity index (χ0v) is 14.0. The Balaban J connectivity index is 2.21. The molecular formula is C17H15ClFNO2S. The number of carbonyl (C=O) groups excluding carboxylic acids is 1. The number of benzene rings is 2. The van der Waals surface area contributed by atoms with Crippen LogP contribution in [0, 0.1) is 5.82 Å². The standard InChI is InChI=1S/C17H15ClFNO2S/c1-2-22-16(23)9-12-8-15(14(19)10-13(12)18)20-17(21)11-6-4-3-5-7-11/h3-8,10H,2,9H2,1H3,(H,20,21). The fraction of sp³-hybridized carbons (Fsp3) is 0.176. The number of hydrogen-bond donors (Lipinski definition) is 1. The van der Waals surface area contributed by atoms with Crippen LogP contribution in [0.3, 0.4) is 0 Å². The fourth-order valence-corrected chi connectivity index (χ4v) is 2.47. The van der Waals surface area contributed by atoms with E-state index in [4.69, 9.17) is 28.6 Å². The third-order valence-electron chi connectivity index (χ3n) is 3.06. The molecule has 0 heterocycles. The molecule has 0 unspecified atom stereocenters. The van der Waals surface area contributed by atoms with Gasteiger partial charge in [-0.25, -0.2) is 4.39 Å². The van der Waals surface area contributed by atoms with E-state index in [1.54, 1.807) is 30.3 Å². The Morgan fingerprint density at radius 1 is 1.30 bits per heavy atom. The summed E-state index contributed by atoms with van der Waals surface area (Å²) < 4.78 is 19.2. The number of anilines is 1. The van der Waals surface area contributed by atoms with Crippen molar-refractivity contribution in [3.8, 4) is 0 Å². The van der Waals surface area contributed by atoms with Crippen molar-refractivity contribution in [1.29, 1.82) is 0 Å². The number of hydrogen-bond acceptors (Lipinski definition) is 3. The van der Waals surface area contributed by atoms with Gasteiger partial charge in [-0.2, -0.15) is 0 Å². The van der Waals surface area contributed by atoms with E-state index in [1.807, 2.05) is 6.92 Å². The maximum atomic E-state index is 14.0. The molecule has 0 aliphatic rings. The van der Waals surface area contributed by atoms with Crippen molar-refractivity contribution in [1.82, 2.24) is 0 Å². The minimum absolute atomic E-state index is 0.0533. The van der Waals surface area contributed by atoms with Crippen molar-refractivity contribution in [2.75, 3.05) is 11.9 Å². The molecule has 0 fully saturated rings. The fourth-order valence-electron chi connectivity index (χ4n) is 1.98. The quantitative estimate of drug-likeness (QED) is 0.798. The summed E-state index contributed by atoms with van der Waals surface area (Å²) in [5.41, 5.74) is 1.08. The lowest BCUT2D eigenvalue weighted by Crippen LogP contribution is -2.14. The number of thiocarbonyl (C=S) groups is 1. The first-order valence-corrected chi connectivity index (χ1v) is 7.79. The van der Waals surface area contributed by atoms with E-state index < -0.39 is 11.7 Å². The summed E-state index contributed by atoms with van der Waals surface area (Å²) in [6.45, 7) is 2.28. The molecule has 3 nitrogen and oxygen atoms in total. The second-order valence-electron chi connectivity index (χ2n) is 4.73. The average molecular weight is 352 g/mol. The Hall–Kier alpha value is -1.98.